The van der Waals surface area contributed by atoms with Crippen LogP contribution in [0.4, 0.5) is 4.39 Å². The van der Waals surface area contributed by atoms with Crippen molar-refractivity contribution >= 4 is 33.5 Å². The molecule has 0 radical (unpaired) electrons. The molecule has 0 bridgehead atoms. The lowest BCUT2D eigenvalue weighted by molar-refractivity contribution is -0.145. The van der Waals surface area contributed by atoms with Crippen molar-refractivity contribution in [2.45, 2.75) is 46.2 Å². The van der Waals surface area contributed by atoms with Crippen molar-refractivity contribution in [3.8, 4) is 0 Å². The summed E-state index contributed by atoms with van der Waals surface area (Å²) < 4.78 is 20.6. The Balaban J connectivity index is 1.69. The third kappa shape index (κ3) is 3.02. The number of rotatable bonds is 3. The Morgan fingerprint density at radius 1 is 1.28 bits per heavy atom. The highest BCUT2D eigenvalue weighted by atomic mass is 79.9. The maximum absolute atomic E-state index is 15.2. The lowest BCUT2D eigenvalue weighted by Gasteiger charge is -2.52. The van der Waals surface area contributed by atoms with Gasteiger partial charge in [-0.1, -0.05) is 30.7 Å². The van der Waals surface area contributed by atoms with Crippen molar-refractivity contribution in [2.75, 3.05) is 6.61 Å². The Hall–Kier alpha value is -1.82. The molecule has 0 aromatic heterocycles. The van der Waals surface area contributed by atoms with Crippen molar-refractivity contribution in [1.29, 1.82) is 0 Å². The Morgan fingerprint density at radius 3 is 2.69 bits per heavy atom. The van der Waals surface area contributed by atoms with Crippen molar-refractivity contribution < 1.29 is 23.5 Å². The van der Waals surface area contributed by atoms with Gasteiger partial charge in [-0.25, -0.2) is 4.39 Å². The number of esters is 1. The summed E-state index contributed by atoms with van der Waals surface area (Å²) in [6.45, 7) is 5.08. The van der Waals surface area contributed by atoms with E-state index >= 15 is 4.39 Å². The van der Waals surface area contributed by atoms with E-state index in [1.54, 1.807) is 0 Å². The number of fused-ring (bicyclic) bond motifs is 5. The van der Waals surface area contributed by atoms with Gasteiger partial charge in [0.15, 0.2) is 18.2 Å². The SMILES string of the molecule is CC(=O)OCC(=O)C1=CC[C@H]2[C@@H]3C[C@@H](F)C4=CC(=O)C(Br)=C[C@]4(C)C3=CC[C@]12C. The van der Waals surface area contributed by atoms with Gasteiger partial charge in [-0.3, -0.25) is 14.4 Å². The Labute approximate surface area is 178 Å². The van der Waals surface area contributed by atoms with Crippen LogP contribution in [0.1, 0.15) is 40.0 Å². The maximum Gasteiger partial charge on any atom is 0.303 e. The number of ether oxygens (including phenoxy) is 1. The number of carbonyl (C=O) groups excluding carboxylic acids is 3. The Bertz CT molecular complexity index is 943. The first-order chi connectivity index (χ1) is 13.6. The molecule has 4 aliphatic carbocycles. The number of hydrogen-bond acceptors (Lipinski definition) is 4. The van der Waals surface area contributed by atoms with Gasteiger partial charge in [-0.05, 0) is 65.6 Å². The molecule has 5 atom stereocenters. The molecule has 1 fully saturated rings. The van der Waals surface area contributed by atoms with Gasteiger partial charge in [-0.2, -0.15) is 0 Å². The molecule has 0 aromatic rings. The summed E-state index contributed by atoms with van der Waals surface area (Å²) in [6.07, 6.45) is 7.88. The molecule has 0 aromatic carbocycles. The number of halogens is 2. The predicted molar refractivity (Wildman–Crippen MR) is 110 cm³/mol. The van der Waals surface area contributed by atoms with E-state index in [9.17, 15) is 14.4 Å². The van der Waals surface area contributed by atoms with Crippen LogP contribution in [-0.2, 0) is 19.1 Å². The summed E-state index contributed by atoms with van der Waals surface area (Å²) >= 11 is 3.33. The second-order valence-corrected chi connectivity index (χ2v) is 9.77. The molecule has 0 heterocycles. The third-order valence-electron chi connectivity index (χ3n) is 7.28. The van der Waals surface area contributed by atoms with Gasteiger partial charge in [0.1, 0.15) is 6.17 Å². The van der Waals surface area contributed by atoms with Gasteiger partial charge in [0.2, 0.25) is 0 Å². The molecule has 0 saturated heterocycles. The van der Waals surface area contributed by atoms with E-state index in [4.69, 9.17) is 4.74 Å². The van der Waals surface area contributed by atoms with E-state index in [2.05, 4.69) is 28.9 Å². The van der Waals surface area contributed by atoms with E-state index in [-0.39, 0.29) is 30.0 Å². The van der Waals surface area contributed by atoms with Crippen molar-refractivity contribution in [3.63, 3.8) is 0 Å². The van der Waals surface area contributed by atoms with Gasteiger partial charge in [0.25, 0.3) is 0 Å². The monoisotopic (exact) mass is 462 g/mol. The lowest BCUT2D eigenvalue weighted by atomic mass is 9.52. The second-order valence-electron chi connectivity index (χ2n) is 8.91. The predicted octanol–water partition coefficient (Wildman–Crippen LogP) is 4.55. The van der Waals surface area contributed by atoms with E-state index in [1.165, 1.54) is 13.0 Å². The topological polar surface area (TPSA) is 60.4 Å². The molecular formula is C23H24BrFO4. The molecule has 154 valence electrons. The zero-order chi connectivity index (χ0) is 21.1. The number of alkyl halides is 1. The average Bonchev–Trinajstić information content (AvgIpc) is 2.99. The Kier molecular flexibility index (Phi) is 4.84. The molecule has 0 N–H and O–H groups in total. The molecule has 1 saturated carbocycles. The van der Waals surface area contributed by atoms with E-state index < -0.39 is 23.0 Å². The van der Waals surface area contributed by atoms with Crippen molar-refractivity contribution in [3.05, 3.63) is 45.5 Å². The largest absolute Gasteiger partial charge is 0.457 e. The van der Waals surface area contributed by atoms with Crippen LogP contribution in [0.25, 0.3) is 0 Å². The summed E-state index contributed by atoms with van der Waals surface area (Å²) in [4.78, 5) is 35.9. The number of ketones is 2. The average molecular weight is 463 g/mol. The number of hydrogen-bond donors (Lipinski definition) is 0. The summed E-state index contributed by atoms with van der Waals surface area (Å²) in [6, 6.07) is 0. The zero-order valence-corrected chi connectivity index (χ0v) is 18.3. The quantitative estimate of drug-likeness (QED) is 0.455. The minimum absolute atomic E-state index is 0.00840. The van der Waals surface area contributed by atoms with Gasteiger partial charge in [0, 0.05) is 23.3 Å². The van der Waals surface area contributed by atoms with Crippen LogP contribution in [0, 0.1) is 22.7 Å². The molecule has 4 nitrogen and oxygen atoms in total. The summed E-state index contributed by atoms with van der Waals surface area (Å²) in [5.74, 6) is -0.743. The normalized spacial score (nSPS) is 38.0. The van der Waals surface area contributed by atoms with Gasteiger partial charge < -0.3 is 4.74 Å². The number of allylic oxidation sites excluding steroid dienone is 7. The highest BCUT2D eigenvalue weighted by Crippen LogP contribution is 2.63. The third-order valence-corrected chi connectivity index (χ3v) is 7.90. The second kappa shape index (κ2) is 6.86. The van der Waals surface area contributed by atoms with Gasteiger partial charge in [-0.15, -0.1) is 0 Å². The van der Waals surface area contributed by atoms with Crippen LogP contribution >= 0.6 is 15.9 Å². The molecule has 4 rings (SSSR count). The van der Waals surface area contributed by atoms with Crippen molar-refractivity contribution in [2.24, 2.45) is 22.7 Å². The van der Waals surface area contributed by atoms with Crippen LogP contribution in [0.2, 0.25) is 0 Å². The summed E-state index contributed by atoms with van der Waals surface area (Å²) in [5.41, 5.74) is 1.35. The van der Waals surface area contributed by atoms with Gasteiger partial charge in [0.05, 0.1) is 4.48 Å². The fraction of sp³-hybridized carbons (Fsp3) is 0.522. The smallest absolute Gasteiger partial charge is 0.303 e. The minimum Gasteiger partial charge on any atom is -0.457 e. The maximum atomic E-state index is 15.2. The van der Waals surface area contributed by atoms with Crippen LogP contribution in [-0.4, -0.2) is 30.3 Å². The number of Topliss-reactive ketones (excluding diaryl/α,β-unsaturated/α-hetero) is 1. The standard InChI is InChI=1S/C23H24BrFO4/c1-12(26)29-11-21(28)16-5-4-14-13-8-19(25)17-9-20(27)18(24)10-23(17,3)15(13)6-7-22(14,16)2/h5-6,9-10,13-14,19H,4,7-8,11H2,1-3H3/t13-,14-,19+,22-,23+/m0/s1. The van der Waals surface area contributed by atoms with E-state index in [0.29, 0.717) is 34.9 Å². The van der Waals surface area contributed by atoms with Crippen molar-refractivity contribution in [1.82, 2.24) is 0 Å². The van der Waals surface area contributed by atoms with E-state index in [1.807, 2.05) is 19.1 Å². The molecule has 0 aliphatic heterocycles. The molecule has 6 heteroatoms. The first kappa shape index (κ1) is 20.5. The highest BCUT2D eigenvalue weighted by molar-refractivity contribution is 9.12. The molecule has 0 unspecified atom stereocenters. The van der Waals surface area contributed by atoms with Crippen LogP contribution in [0.5, 0.6) is 0 Å². The first-order valence-corrected chi connectivity index (χ1v) is 10.7. The Morgan fingerprint density at radius 2 is 2.00 bits per heavy atom. The molecule has 0 spiro atoms. The fourth-order valence-corrected chi connectivity index (χ4v) is 6.42. The van der Waals surface area contributed by atoms with Crippen LogP contribution in [0.15, 0.2) is 45.5 Å². The first-order valence-electron chi connectivity index (χ1n) is 9.94. The molecule has 29 heavy (non-hydrogen) atoms. The lowest BCUT2D eigenvalue weighted by Crippen LogP contribution is -2.47. The van der Waals surface area contributed by atoms with Crippen LogP contribution in [0.3, 0.4) is 0 Å². The molecule has 4 aliphatic rings. The number of carbonyl (C=O) groups is 3. The van der Waals surface area contributed by atoms with Crippen LogP contribution < -0.4 is 0 Å². The summed E-state index contributed by atoms with van der Waals surface area (Å²) in [5, 5.41) is 0. The van der Waals surface area contributed by atoms with Gasteiger partial charge >= 0.3 is 5.97 Å². The zero-order valence-electron chi connectivity index (χ0n) is 16.8. The van der Waals surface area contributed by atoms with E-state index in [0.717, 1.165) is 5.57 Å². The molecule has 0 amide bonds. The fourth-order valence-electron chi connectivity index (χ4n) is 5.85. The summed E-state index contributed by atoms with van der Waals surface area (Å²) in [7, 11) is 0. The highest BCUT2D eigenvalue weighted by Gasteiger charge is 2.56. The minimum atomic E-state index is -1.19. The molecular weight excluding hydrogens is 439 g/mol.